The molecule has 7 heteroatoms. The molecule has 17 heavy (non-hydrogen) atoms. The van der Waals surface area contributed by atoms with E-state index in [1.807, 2.05) is 6.92 Å². The molecule has 1 aromatic heterocycles. The van der Waals surface area contributed by atoms with Crippen molar-refractivity contribution < 1.29 is 14.4 Å². The van der Waals surface area contributed by atoms with Crippen LogP contribution in [0.15, 0.2) is 6.20 Å². The van der Waals surface area contributed by atoms with E-state index in [-0.39, 0.29) is 11.4 Å². The van der Waals surface area contributed by atoms with Crippen molar-refractivity contribution in [3.8, 4) is 0 Å². The van der Waals surface area contributed by atoms with Gasteiger partial charge in [-0.05, 0) is 6.92 Å². The third-order valence-electron chi connectivity index (χ3n) is 2.10. The molecule has 92 valence electrons. The highest BCUT2D eigenvalue weighted by atomic mass is 16.2. The van der Waals surface area contributed by atoms with Gasteiger partial charge in [-0.25, -0.2) is 0 Å². The minimum absolute atomic E-state index is 0.0870. The molecule has 7 nitrogen and oxygen atoms in total. The summed E-state index contributed by atoms with van der Waals surface area (Å²) in [4.78, 5) is 33.6. The van der Waals surface area contributed by atoms with Crippen LogP contribution in [0.2, 0.25) is 0 Å². The van der Waals surface area contributed by atoms with Gasteiger partial charge in [-0.15, -0.1) is 0 Å². The van der Waals surface area contributed by atoms with Crippen LogP contribution in [0, 0.1) is 0 Å². The molecule has 0 aromatic carbocycles. The number of aromatic nitrogens is 2. The Morgan fingerprint density at radius 1 is 1.41 bits per heavy atom. The molecule has 0 saturated carbocycles. The van der Waals surface area contributed by atoms with E-state index >= 15 is 0 Å². The van der Waals surface area contributed by atoms with E-state index in [2.05, 4.69) is 15.7 Å². The second-order valence-corrected chi connectivity index (χ2v) is 3.34. The first-order valence-electron chi connectivity index (χ1n) is 5.11. The quantitative estimate of drug-likeness (QED) is 0.710. The molecule has 0 spiro atoms. The summed E-state index contributed by atoms with van der Waals surface area (Å²) >= 11 is 0. The number of carbonyl (C=O) groups excluding carboxylic acids is 3. The molecule has 2 amide bonds. The van der Waals surface area contributed by atoms with Crippen LogP contribution in [0.5, 0.6) is 0 Å². The van der Waals surface area contributed by atoms with Gasteiger partial charge in [-0.1, -0.05) is 0 Å². The van der Waals surface area contributed by atoms with Crippen LogP contribution >= 0.6 is 0 Å². The Hall–Kier alpha value is -2.18. The molecule has 0 radical (unpaired) electrons. The Bertz CT molecular complexity index is 464. The first kappa shape index (κ1) is 12.9. The molecule has 0 bridgehead atoms. The van der Waals surface area contributed by atoms with Crippen LogP contribution in [-0.4, -0.2) is 34.4 Å². The molecular formula is C10H14N4O3. The van der Waals surface area contributed by atoms with Crippen molar-refractivity contribution in [2.24, 2.45) is 0 Å². The number of nitrogens with one attached hydrogen (secondary N) is 2. The van der Waals surface area contributed by atoms with Crippen molar-refractivity contribution in [2.75, 3.05) is 12.4 Å². The fraction of sp³-hybridized carbons (Fsp3) is 0.400. The Balaban J connectivity index is 3.04. The molecule has 1 aromatic rings. The summed E-state index contributed by atoms with van der Waals surface area (Å²) in [7, 11) is 1.46. The lowest BCUT2D eigenvalue weighted by Crippen LogP contribution is -2.24. The van der Waals surface area contributed by atoms with Crippen LogP contribution in [0.3, 0.4) is 0 Å². The highest BCUT2D eigenvalue weighted by Crippen LogP contribution is 2.13. The van der Waals surface area contributed by atoms with Crippen molar-refractivity contribution >= 4 is 23.3 Å². The van der Waals surface area contributed by atoms with Gasteiger partial charge in [0.25, 0.3) is 11.8 Å². The first-order chi connectivity index (χ1) is 7.99. The van der Waals surface area contributed by atoms with Crippen molar-refractivity contribution in [3.63, 3.8) is 0 Å². The number of amides is 2. The maximum Gasteiger partial charge on any atom is 0.291 e. The predicted molar refractivity (Wildman–Crippen MR) is 60.6 cm³/mol. The van der Waals surface area contributed by atoms with Crippen LogP contribution < -0.4 is 10.6 Å². The van der Waals surface area contributed by atoms with Gasteiger partial charge in [-0.3, -0.25) is 19.1 Å². The van der Waals surface area contributed by atoms with Gasteiger partial charge in [0.05, 0.1) is 5.69 Å². The largest absolute Gasteiger partial charge is 0.354 e. The summed E-state index contributed by atoms with van der Waals surface area (Å²) in [5.41, 5.74) is 0.315. The Morgan fingerprint density at radius 3 is 2.53 bits per heavy atom. The topological polar surface area (TPSA) is 93.1 Å². The molecule has 0 atom stereocenters. The summed E-state index contributed by atoms with van der Waals surface area (Å²) in [6.45, 7) is 3.55. The molecule has 0 fully saturated rings. The zero-order valence-electron chi connectivity index (χ0n) is 9.90. The average Bonchev–Trinajstić information content (AvgIpc) is 2.71. The number of rotatable bonds is 4. The van der Waals surface area contributed by atoms with Gasteiger partial charge in [-0.2, -0.15) is 5.10 Å². The van der Waals surface area contributed by atoms with Crippen LogP contribution in [-0.2, 0) is 16.1 Å². The first-order valence-corrected chi connectivity index (χ1v) is 5.11. The second kappa shape index (κ2) is 5.24. The zero-order chi connectivity index (χ0) is 13.0. The zero-order valence-corrected chi connectivity index (χ0v) is 9.90. The number of hydrogen-bond donors (Lipinski definition) is 2. The second-order valence-electron chi connectivity index (χ2n) is 3.34. The highest BCUT2D eigenvalue weighted by Gasteiger charge is 2.18. The van der Waals surface area contributed by atoms with Gasteiger partial charge in [0.15, 0.2) is 5.69 Å². The summed E-state index contributed by atoms with van der Waals surface area (Å²) in [5, 5.41) is 8.75. The van der Waals surface area contributed by atoms with Crippen molar-refractivity contribution in [2.45, 2.75) is 20.4 Å². The van der Waals surface area contributed by atoms with Crippen LogP contribution in [0.1, 0.15) is 24.3 Å². The molecular weight excluding hydrogens is 224 g/mol. The van der Waals surface area contributed by atoms with Gasteiger partial charge in [0, 0.05) is 26.7 Å². The molecule has 0 aliphatic heterocycles. The number of aryl methyl sites for hydroxylation is 1. The van der Waals surface area contributed by atoms with E-state index in [9.17, 15) is 14.4 Å². The van der Waals surface area contributed by atoms with Crippen LogP contribution in [0.25, 0.3) is 0 Å². The summed E-state index contributed by atoms with van der Waals surface area (Å²) in [5.74, 6) is -1.82. The summed E-state index contributed by atoms with van der Waals surface area (Å²) < 4.78 is 1.50. The number of Topliss-reactive ketones (excluding diaryl/α,β-unsaturated/α-hetero) is 1. The maximum absolute atomic E-state index is 11.5. The fourth-order valence-electron chi connectivity index (χ4n) is 1.17. The number of carbonyl (C=O) groups is 3. The van der Waals surface area contributed by atoms with Crippen molar-refractivity contribution in [3.05, 3.63) is 11.9 Å². The molecule has 2 N–H and O–H groups in total. The van der Waals surface area contributed by atoms with E-state index in [1.54, 1.807) is 0 Å². The Labute approximate surface area is 98.2 Å². The Kier molecular flexibility index (Phi) is 3.97. The maximum atomic E-state index is 11.5. The minimum atomic E-state index is -0.772. The number of nitrogens with zero attached hydrogens (tertiary/aromatic N) is 2. The molecule has 1 rings (SSSR count). The SMILES string of the molecule is CCn1cc(NC(=O)C(C)=O)c(C(=O)NC)n1. The van der Waals surface area contributed by atoms with Crippen LogP contribution in [0.4, 0.5) is 5.69 Å². The number of anilines is 1. The minimum Gasteiger partial charge on any atom is -0.354 e. The molecule has 0 saturated heterocycles. The van der Waals surface area contributed by atoms with E-state index in [4.69, 9.17) is 0 Å². The Morgan fingerprint density at radius 2 is 2.06 bits per heavy atom. The third kappa shape index (κ3) is 2.90. The third-order valence-corrected chi connectivity index (χ3v) is 2.10. The fourth-order valence-corrected chi connectivity index (χ4v) is 1.17. The smallest absolute Gasteiger partial charge is 0.291 e. The number of hydrogen-bond acceptors (Lipinski definition) is 4. The van der Waals surface area contributed by atoms with Gasteiger partial charge in [0.2, 0.25) is 5.78 Å². The standard InChI is InChI=1S/C10H14N4O3/c1-4-14-5-7(12-9(16)6(2)15)8(13-14)10(17)11-3/h5H,4H2,1-3H3,(H,11,17)(H,12,16). The lowest BCUT2D eigenvalue weighted by Gasteiger charge is -2.01. The van der Waals surface area contributed by atoms with E-state index in [1.165, 1.54) is 17.9 Å². The molecule has 1 heterocycles. The van der Waals surface area contributed by atoms with Crippen molar-refractivity contribution in [1.29, 1.82) is 0 Å². The van der Waals surface area contributed by atoms with Gasteiger partial charge < -0.3 is 10.6 Å². The lowest BCUT2D eigenvalue weighted by molar-refractivity contribution is -0.133. The monoisotopic (exact) mass is 238 g/mol. The molecule has 0 aliphatic carbocycles. The predicted octanol–water partition coefficient (Wildman–Crippen LogP) is -0.210. The molecule has 0 unspecified atom stereocenters. The average molecular weight is 238 g/mol. The number of ketones is 1. The van der Waals surface area contributed by atoms with Gasteiger partial charge in [0.1, 0.15) is 0 Å². The van der Waals surface area contributed by atoms with E-state index in [0.717, 1.165) is 6.92 Å². The lowest BCUT2D eigenvalue weighted by atomic mass is 10.3. The van der Waals surface area contributed by atoms with E-state index < -0.39 is 17.6 Å². The molecule has 0 aliphatic rings. The summed E-state index contributed by atoms with van der Waals surface area (Å²) in [6, 6.07) is 0. The van der Waals surface area contributed by atoms with Crippen molar-refractivity contribution in [1.82, 2.24) is 15.1 Å². The highest BCUT2D eigenvalue weighted by molar-refractivity contribution is 6.40. The normalized spacial score (nSPS) is 9.82. The summed E-state index contributed by atoms with van der Waals surface area (Å²) in [6.07, 6.45) is 1.51. The van der Waals surface area contributed by atoms with Gasteiger partial charge >= 0.3 is 0 Å². The van der Waals surface area contributed by atoms with E-state index in [0.29, 0.717) is 6.54 Å².